The predicted molar refractivity (Wildman–Crippen MR) is 82.2 cm³/mol. The number of carbonyl (C=O) groups excluding carboxylic acids is 2. The lowest BCUT2D eigenvalue weighted by Crippen LogP contribution is -2.59. The molecule has 2 amide bonds. The van der Waals surface area contributed by atoms with Crippen molar-refractivity contribution in [2.75, 3.05) is 0 Å². The van der Waals surface area contributed by atoms with Gasteiger partial charge in [0.05, 0.1) is 35.3 Å². The monoisotopic (exact) mass is 363 g/mol. The molecule has 0 saturated carbocycles. The standard InChI is InChI=1S/C15H17ClF3N3O2/c1-7(9-3-4-10(11(16)5-9)15(17,18)19)20-14(24)12-6-13(23)22-8(2)21-12/h3-5,7-8,12,21H,6H2,1-2H3,(H,20,24)(H,22,23)/t7-,8?,12?/m1/s1. The smallest absolute Gasteiger partial charge is 0.348 e. The Kier molecular flexibility index (Phi) is 5.39. The van der Waals surface area contributed by atoms with Crippen molar-refractivity contribution < 1.29 is 22.8 Å². The van der Waals surface area contributed by atoms with Crippen molar-refractivity contribution >= 4 is 23.4 Å². The summed E-state index contributed by atoms with van der Waals surface area (Å²) in [5.74, 6) is -0.646. The van der Waals surface area contributed by atoms with Crippen LogP contribution in [0.2, 0.25) is 5.02 Å². The molecule has 9 heteroatoms. The molecule has 2 rings (SSSR count). The third kappa shape index (κ3) is 4.39. The van der Waals surface area contributed by atoms with Crippen LogP contribution < -0.4 is 16.0 Å². The van der Waals surface area contributed by atoms with Crippen molar-refractivity contribution in [3.05, 3.63) is 34.3 Å². The molecule has 0 aromatic heterocycles. The van der Waals surface area contributed by atoms with E-state index in [2.05, 4.69) is 16.0 Å². The molecule has 1 aliphatic heterocycles. The molecule has 3 atom stereocenters. The van der Waals surface area contributed by atoms with Gasteiger partial charge in [-0.15, -0.1) is 0 Å². The van der Waals surface area contributed by atoms with Gasteiger partial charge in [0.2, 0.25) is 11.8 Å². The topological polar surface area (TPSA) is 70.2 Å². The minimum Gasteiger partial charge on any atom is -0.348 e. The summed E-state index contributed by atoms with van der Waals surface area (Å²) < 4.78 is 38.1. The second kappa shape index (κ2) is 6.98. The molecule has 1 heterocycles. The fourth-order valence-electron chi connectivity index (χ4n) is 2.48. The Morgan fingerprint density at radius 2 is 2.08 bits per heavy atom. The Morgan fingerprint density at radius 3 is 2.62 bits per heavy atom. The lowest BCUT2D eigenvalue weighted by molar-refractivity contribution is -0.137. The summed E-state index contributed by atoms with van der Waals surface area (Å²) in [6.07, 6.45) is -4.87. The molecule has 1 aromatic rings. The molecule has 1 saturated heterocycles. The molecule has 0 bridgehead atoms. The lowest BCUT2D eigenvalue weighted by Gasteiger charge is -2.29. The van der Waals surface area contributed by atoms with E-state index in [-0.39, 0.29) is 18.5 Å². The summed E-state index contributed by atoms with van der Waals surface area (Å²) in [6.45, 7) is 3.33. The normalized spacial score (nSPS) is 22.7. The van der Waals surface area contributed by atoms with Crippen LogP contribution in [-0.2, 0) is 15.8 Å². The van der Waals surface area contributed by atoms with E-state index in [1.807, 2.05) is 0 Å². The van der Waals surface area contributed by atoms with Crippen LogP contribution >= 0.6 is 11.6 Å². The van der Waals surface area contributed by atoms with Gasteiger partial charge in [-0.3, -0.25) is 14.9 Å². The van der Waals surface area contributed by atoms with Crippen LogP contribution in [0.1, 0.15) is 37.4 Å². The molecule has 1 fully saturated rings. The first kappa shape index (κ1) is 18.5. The first-order chi connectivity index (χ1) is 11.1. The van der Waals surface area contributed by atoms with Crippen LogP contribution in [0.4, 0.5) is 13.2 Å². The van der Waals surface area contributed by atoms with E-state index < -0.39 is 34.8 Å². The second-order valence-electron chi connectivity index (χ2n) is 5.68. The highest BCUT2D eigenvalue weighted by Gasteiger charge is 2.33. The molecule has 0 aliphatic carbocycles. The second-order valence-corrected chi connectivity index (χ2v) is 6.09. The van der Waals surface area contributed by atoms with Crippen molar-refractivity contribution in [1.29, 1.82) is 0 Å². The molecule has 5 nitrogen and oxygen atoms in total. The molecule has 0 spiro atoms. The number of halogens is 4. The number of hydrogen-bond acceptors (Lipinski definition) is 3. The molecule has 3 N–H and O–H groups in total. The maximum atomic E-state index is 12.7. The average molecular weight is 364 g/mol. The fourth-order valence-corrected chi connectivity index (χ4v) is 2.78. The molecule has 2 unspecified atom stereocenters. The van der Waals surface area contributed by atoms with E-state index in [4.69, 9.17) is 11.6 Å². The van der Waals surface area contributed by atoms with Crippen LogP contribution in [0.25, 0.3) is 0 Å². The van der Waals surface area contributed by atoms with Gasteiger partial charge in [0, 0.05) is 0 Å². The number of amides is 2. The largest absolute Gasteiger partial charge is 0.417 e. The number of hydrogen-bond donors (Lipinski definition) is 3. The number of nitrogens with one attached hydrogen (secondary N) is 3. The summed E-state index contributed by atoms with van der Waals surface area (Å²) in [6, 6.07) is 2.08. The molecule has 1 aromatic carbocycles. The Labute approximate surface area is 141 Å². The van der Waals surface area contributed by atoms with Crippen LogP contribution in [-0.4, -0.2) is 24.0 Å². The quantitative estimate of drug-likeness (QED) is 0.772. The lowest BCUT2D eigenvalue weighted by atomic mass is 10.0. The van der Waals surface area contributed by atoms with E-state index in [1.165, 1.54) is 12.1 Å². The van der Waals surface area contributed by atoms with Gasteiger partial charge in [-0.1, -0.05) is 17.7 Å². The minimum atomic E-state index is -4.53. The summed E-state index contributed by atoms with van der Waals surface area (Å²) in [4.78, 5) is 23.7. The highest BCUT2D eigenvalue weighted by atomic mass is 35.5. The van der Waals surface area contributed by atoms with Crippen molar-refractivity contribution in [1.82, 2.24) is 16.0 Å². The Bertz CT molecular complexity index is 651. The summed E-state index contributed by atoms with van der Waals surface area (Å²) >= 11 is 5.68. The first-order valence-corrected chi connectivity index (χ1v) is 7.68. The first-order valence-electron chi connectivity index (χ1n) is 7.30. The average Bonchev–Trinajstić information content (AvgIpc) is 2.44. The van der Waals surface area contributed by atoms with Gasteiger partial charge in [-0.05, 0) is 31.5 Å². The number of carbonyl (C=O) groups is 2. The zero-order valence-electron chi connectivity index (χ0n) is 13.0. The van der Waals surface area contributed by atoms with Crippen LogP contribution in [0.3, 0.4) is 0 Å². The molecule has 0 radical (unpaired) electrons. The van der Waals surface area contributed by atoms with E-state index in [0.717, 1.165) is 6.07 Å². The van der Waals surface area contributed by atoms with Crippen molar-refractivity contribution in [3.63, 3.8) is 0 Å². The Morgan fingerprint density at radius 1 is 1.42 bits per heavy atom. The fraction of sp³-hybridized carbons (Fsp3) is 0.467. The molecule has 24 heavy (non-hydrogen) atoms. The maximum Gasteiger partial charge on any atom is 0.417 e. The van der Waals surface area contributed by atoms with Gasteiger partial charge in [0.25, 0.3) is 0 Å². The predicted octanol–water partition coefficient (Wildman–Crippen LogP) is 2.36. The van der Waals surface area contributed by atoms with Crippen LogP contribution in [0, 0.1) is 0 Å². The van der Waals surface area contributed by atoms with Crippen molar-refractivity contribution in [2.45, 2.75) is 44.7 Å². The van der Waals surface area contributed by atoms with Gasteiger partial charge >= 0.3 is 6.18 Å². The number of rotatable bonds is 3. The van der Waals surface area contributed by atoms with Gasteiger partial charge in [0.15, 0.2) is 0 Å². The minimum absolute atomic E-state index is 0.00331. The van der Waals surface area contributed by atoms with Gasteiger partial charge in [-0.2, -0.15) is 13.2 Å². The summed E-state index contributed by atoms with van der Waals surface area (Å²) in [5.41, 5.74) is -0.486. The van der Waals surface area contributed by atoms with E-state index in [1.54, 1.807) is 13.8 Å². The molecule has 132 valence electrons. The van der Waals surface area contributed by atoms with Gasteiger partial charge in [0.1, 0.15) is 0 Å². The maximum absolute atomic E-state index is 12.7. The molecular weight excluding hydrogens is 347 g/mol. The third-order valence-electron chi connectivity index (χ3n) is 3.69. The number of alkyl halides is 3. The highest BCUT2D eigenvalue weighted by molar-refractivity contribution is 6.31. The zero-order valence-corrected chi connectivity index (χ0v) is 13.8. The van der Waals surface area contributed by atoms with E-state index in [0.29, 0.717) is 5.56 Å². The van der Waals surface area contributed by atoms with Crippen LogP contribution in [0.15, 0.2) is 18.2 Å². The Balaban J connectivity index is 2.07. The van der Waals surface area contributed by atoms with Gasteiger partial charge in [-0.25, -0.2) is 0 Å². The van der Waals surface area contributed by atoms with E-state index >= 15 is 0 Å². The molecular formula is C15H17ClF3N3O2. The summed E-state index contributed by atoms with van der Waals surface area (Å²) in [5, 5.41) is 7.79. The molecule has 1 aliphatic rings. The van der Waals surface area contributed by atoms with Gasteiger partial charge < -0.3 is 10.6 Å². The van der Waals surface area contributed by atoms with Crippen molar-refractivity contribution in [2.24, 2.45) is 0 Å². The van der Waals surface area contributed by atoms with Crippen molar-refractivity contribution in [3.8, 4) is 0 Å². The Hall–Kier alpha value is -1.80. The van der Waals surface area contributed by atoms with E-state index in [9.17, 15) is 22.8 Å². The zero-order chi connectivity index (χ0) is 18.1. The van der Waals surface area contributed by atoms with Crippen LogP contribution in [0.5, 0.6) is 0 Å². The highest BCUT2D eigenvalue weighted by Crippen LogP contribution is 2.35. The number of benzene rings is 1. The third-order valence-corrected chi connectivity index (χ3v) is 4.00. The summed E-state index contributed by atoms with van der Waals surface area (Å²) in [7, 11) is 0. The SMILES string of the molecule is CC1NC(=O)CC(C(=O)N[C@H](C)c2ccc(C(F)(F)F)c(Cl)c2)N1.